The van der Waals surface area contributed by atoms with Gasteiger partial charge in [-0.3, -0.25) is 9.59 Å². The van der Waals surface area contributed by atoms with Crippen LogP contribution in [-0.2, 0) is 6.18 Å². The number of anilines is 1. The fourth-order valence-electron chi connectivity index (χ4n) is 3.68. The Labute approximate surface area is 196 Å². The molecule has 0 saturated heterocycles. The Morgan fingerprint density at radius 3 is 2.37 bits per heavy atom. The number of rotatable bonds is 4. The molecule has 5 rings (SSSR count). The van der Waals surface area contributed by atoms with Gasteiger partial charge in [0.15, 0.2) is 34.3 Å². The lowest BCUT2D eigenvalue weighted by Crippen LogP contribution is -2.16. The van der Waals surface area contributed by atoms with Crippen molar-refractivity contribution in [3.63, 3.8) is 0 Å². The van der Waals surface area contributed by atoms with Crippen LogP contribution in [0.4, 0.5) is 18.9 Å². The van der Waals surface area contributed by atoms with E-state index in [0.717, 1.165) is 17.7 Å². The zero-order chi connectivity index (χ0) is 24.9. The summed E-state index contributed by atoms with van der Waals surface area (Å²) in [4.78, 5) is 29.3. The van der Waals surface area contributed by atoms with Crippen molar-refractivity contribution < 1.29 is 32.2 Å². The highest BCUT2D eigenvalue weighted by Crippen LogP contribution is 2.37. The van der Waals surface area contributed by atoms with Gasteiger partial charge < -0.3 is 14.8 Å². The molecule has 0 spiro atoms. The number of carbonyl (C=O) groups excluding carboxylic acids is 2. The van der Waals surface area contributed by atoms with E-state index in [1.165, 1.54) is 19.1 Å². The third-order valence-electron chi connectivity index (χ3n) is 5.44. The number of ketones is 1. The monoisotopic (exact) mass is 482 g/mol. The number of halogens is 3. The Balaban J connectivity index is 1.56. The second kappa shape index (κ2) is 8.12. The Hall–Kier alpha value is -4.41. The molecule has 0 aliphatic carbocycles. The van der Waals surface area contributed by atoms with Gasteiger partial charge in [-0.2, -0.15) is 18.3 Å². The summed E-state index contributed by atoms with van der Waals surface area (Å²) in [6, 6.07) is 11.8. The zero-order valence-corrected chi connectivity index (χ0v) is 18.4. The summed E-state index contributed by atoms with van der Waals surface area (Å²) in [6.07, 6.45) is -4.75. The van der Waals surface area contributed by atoms with Crippen LogP contribution in [0.15, 0.2) is 48.5 Å². The number of hydrogen-bond acceptors (Lipinski definition) is 6. The number of aromatic nitrogens is 3. The normalized spacial score (nSPS) is 12.7. The van der Waals surface area contributed by atoms with Crippen LogP contribution < -0.4 is 14.8 Å². The second-order valence-corrected chi connectivity index (χ2v) is 7.95. The molecule has 0 atom stereocenters. The third kappa shape index (κ3) is 4.16. The van der Waals surface area contributed by atoms with Crippen molar-refractivity contribution in [3.8, 4) is 22.8 Å². The molecular formula is C24H17F3N4O4. The molecule has 35 heavy (non-hydrogen) atoms. The van der Waals surface area contributed by atoms with Crippen LogP contribution in [0.5, 0.6) is 11.5 Å². The minimum atomic E-state index is -4.75. The molecule has 1 amide bonds. The lowest BCUT2D eigenvalue weighted by molar-refractivity contribution is -0.142. The van der Waals surface area contributed by atoms with Crippen molar-refractivity contribution in [3.05, 3.63) is 71.0 Å². The highest BCUT2D eigenvalue weighted by atomic mass is 19.4. The second-order valence-electron chi connectivity index (χ2n) is 7.95. The van der Waals surface area contributed by atoms with Crippen LogP contribution in [0.2, 0.25) is 0 Å². The fraction of sp³-hybridized carbons (Fsp3) is 0.167. The minimum absolute atomic E-state index is 0.0360. The Kier molecular flexibility index (Phi) is 5.19. The summed E-state index contributed by atoms with van der Waals surface area (Å²) in [5.41, 5.74) is 0.255. The molecule has 0 radical (unpaired) electrons. The molecule has 2 aromatic heterocycles. The number of ether oxygens (including phenoxy) is 2. The highest BCUT2D eigenvalue weighted by molar-refractivity contribution is 6.09. The maximum Gasteiger partial charge on any atom is 0.433 e. The maximum absolute atomic E-state index is 13.9. The van der Waals surface area contributed by atoms with Crippen LogP contribution in [0.3, 0.4) is 0 Å². The summed E-state index contributed by atoms with van der Waals surface area (Å²) in [5.74, 6) is -0.494. The predicted octanol–water partition coefficient (Wildman–Crippen LogP) is 4.91. The molecule has 0 unspecified atom stereocenters. The van der Waals surface area contributed by atoms with Gasteiger partial charge in [0.25, 0.3) is 5.91 Å². The summed E-state index contributed by atoms with van der Waals surface area (Å²) < 4.78 is 52.7. The van der Waals surface area contributed by atoms with Crippen molar-refractivity contribution in [2.75, 3.05) is 12.1 Å². The van der Waals surface area contributed by atoms with Crippen LogP contribution in [-0.4, -0.2) is 33.1 Å². The van der Waals surface area contributed by atoms with Gasteiger partial charge in [-0.1, -0.05) is 29.8 Å². The van der Waals surface area contributed by atoms with E-state index in [0.29, 0.717) is 21.6 Å². The number of carbonyl (C=O) groups is 2. The predicted molar refractivity (Wildman–Crippen MR) is 119 cm³/mol. The summed E-state index contributed by atoms with van der Waals surface area (Å²) >= 11 is 0. The molecule has 0 saturated carbocycles. The largest absolute Gasteiger partial charge is 0.454 e. The molecule has 11 heteroatoms. The number of amides is 1. The average Bonchev–Trinajstić information content (AvgIpc) is 3.44. The first-order chi connectivity index (χ1) is 16.6. The van der Waals surface area contributed by atoms with E-state index in [2.05, 4.69) is 15.4 Å². The summed E-state index contributed by atoms with van der Waals surface area (Å²) in [6.45, 7) is 3.14. The van der Waals surface area contributed by atoms with Gasteiger partial charge in [-0.05, 0) is 26.0 Å². The minimum Gasteiger partial charge on any atom is -0.454 e. The van der Waals surface area contributed by atoms with Gasteiger partial charge in [0.2, 0.25) is 6.79 Å². The van der Waals surface area contributed by atoms with E-state index in [1.807, 2.05) is 6.92 Å². The summed E-state index contributed by atoms with van der Waals surface area (Å²) in [5, 5.41) is 6.38. The van der Waals surface area contributed by atoms with Gasteiger partial charge in [0.05, 0.1) is 11.4 Å². The first kappa shape index (κ1) is 22.4. The average molecular weight is 482 g/mol. The van der Waals surface area contributed by atoms with Crippen molar-refractivity contribution >= 4 is 23.0 Å². The SMILES string of the molecule is CC(=O)c1cc2c(cc1NC(=O)c1cc3nc(-c4ccc(C)cc4)cc(C(F)(F)F)n3n1)OCO2. The van der Waals surface area contributed by atoms with Crippen LogP contribution in [0.1, 0.15) is 39.0 Å². The molecule has 1 aliphatic rings. The molecule has 0 bridgehead atoms. The number of aryl methyl sites for hydroxylation is 1. The van der Waals surface area contributed by atoms with E-state index in [9.17, 15) is 22.8 Å². The standard InChI is InChI=1S/C24H17F3N4O4/c1-12-3-5-14(6-4-12)16-9-21(24(25,26)27)31-22(28-16)10-18(30-31)23(33)29-17-8-20-19(34-11-35-20)7-15(17)13(2)32/h3-10H,11H2,1-2H3,(H,29,33). The van der Waals surface area contributed by atoms with Crippen LogP contribution >= 0.6 is 0 Å². The molecule has 0 fully saturated rings. The zero-order valence-electron chi connectivity index (χ0n) is 18.4. The van der Waals surface area contributed by atoms with E-state index >= 15 is 0 Å². The van der Waals surface area contributed by atoms with Crippen LogP contribution in [0.25, 0.3) is 16.9 Å². The Bertz CT molecular complexity index is 1490. The first-order valence-corrected chi connectivity index (χ1v) is 10.4. The molecule has 1 aliphatic heterocycles. The van der Waals surface area contributed by atoms with Gasteiger partial charge in [-0.25, -0.2) is 9.50 Å². The first-order valence-electron chi connectivity index (χ1n) is 10.4. The molecule has 4 aromatic rings. The smallest absolute Gasteiger partial charge is 0.433 e. The van der Waals surface area contributed by atoms with Crippen molar-refractivity contribution in [1.82, 2.24) is 14.6 Å². The van der Waals surface area contributed by atoms with E-state index in [4.69, 9.17) is 9.47 Å². The molecular weight excluding hydrogens is 465 g/mol. The molecule has 178 valence electrons. The van der Waals surface area contributed by atoms with E-state index in [1.54, 1.807) is 24.3 Å². The van der Waals surface area contributed by atoms with Crippen LogP contribution in [0, 0.1) is 6.92 Å². The van der Waals surface area contributed by atoms with Gasteiger partial charge >= 0.3 is 6.18 Å². The quantitative estimate of drug-likeness (QED) is 0.416. The number of alkyl halides is 3. The van der Waals surface area contributed by atoms with Crippen molar-refractivity contribution in [1.29, 1.82) is 0 Å². The fourth-order valence-corrected chi connectivity index (χ4v) is 3.68. The highest BCUT2D eigenvalue weighted by Gasteiger charge is 2.36. The Morgan fingerprint density at radius 1 is 1.03 bits per heavy atom. The van der Waals surface area contributed by atoms with E-state index in [-0.39, 0.29) is 40.9 Å². The molecule has 2 aromatic carbocycles. The maximum atomic E-state index is 13.9. The number of hydrogen-bond donors (Lipinski definition) is 1. The lowest BCUT2D eigenvalue weighted by Gasteiger charge is -2.11. The number of benzene rings is 2. The van der Waals surface area contributed by atoms with Gasteiger partial charge in [-0.15, -0.1) is 0 Å². The number of Topliss-reactive ketones (excluding diaryl/α,β-unsaturated/α-hetero) is 1. The Morgan fingerprint density at radius 2 is 1.71 bits per heavy atom. The van der Waals surface area contributed by atoms with Crippen molar-refractivity contribution in [2.24, 2.45) is 0 Å². The number of nitrogens with zero attached hydrogens (tertiary/aromatic N) is 3. The number of fused-ring (bicyclic) bond motifs is 2. The van der Waals surface area contributed by atoms with Gasteiger partial charge in [0, 0.05) is 23.3 Å². The number of nitrogens with one attached hydrogen (secondary N) is 1. The summed E-state index contributed by atoms with van der Waals surface area (Å²) in [7, 11) is 0. The lowest BCUT2D eigenvalue weighted by atomic mass is 10.1. The topological polar surface area (TPSA) is 94.8 Å². The molecule has 8 nitrogen and oxygen atoms in total. The molecule has 3 heterocycles. The third-order valence-corrected chi connectivity index (χ3v) is 5.44. The molecule has 1 N–H and O–H groups in total. The van der Waals surface area contributed by atoms with E-state index < -0.39 is 17.8 Å². The van der Waals surface area contributed by atoms with Crippen molar-refractivity contribution in [2.45, 2.75) is 20.0 Å². The van der Waals surface area contributed by atoms with Gasteiger partial charge in [0.1, 0.15) is 0 Å².